The van der Waals surface area contributed by atoms with Gasteiger partial charge in [-0.15, -0.1) is 0 Å². The minimum absolute atomic E-state index is 0.194. The lowest BCUT2D eigenvalue weighted by Gasteiger charge is -2.23. The Labute approximate surface area is 105 Å². The first-order chi connectivity index (χ1) is 8.77. The van der Waals surface area contributed by atoms with Crippen LogP contribution in [0.3, 0.4) is 0 Å². The van der Waals surface area contributed by atoms with E-state index in [1.807, 2.05) is 18.2 Å². The van der Waals surface area contributed by atoms with Crippen molar-refractivity contribution in [3.63, 3.8) is 0 Å². The summed E-state index contributed by atoms with van der Waals surface area (Å²) in [4.78, 5) is 11.7. The van der Waals surface area contributed by atoms with E-state index in [0.29, 0.717) is 5.58 Å². The summed E-state index contributed by atoms with van der Waals surface area (Å²) < 4.78 is 5.12. The molecule has 0 unspecified atom stereocenters. The van der Waals surface area contributed by atoms with Crippen LogP contribution in [0.4, 0.5) is 0 Å². The number of aromatic hydroxyl groups is 1. The summed E-state index contributed by atoms with van der Waals surface area (Å²) in [7, 11) is 0. The number of hydrogen-bond acceptors (Lipinski definition) is 3. The monoisotopic (exact) mass is 244 g/mol. The Bertz CT molecular complexity index is 621. The van der Waals surface area contributed by atoms with Crippen molar-refractivity contribution in [3.05, 3.63) is 40.2 Å². The summed E-state index contributed by atoms with van der Waals surface area (Å²) in [6.45, 7) is 0. The van der Waals surface area contributed by atoms with Gasteiger partial charge in [0.15, 0.2) is 0 Å². The number of benzene rings is 1. The van der Waals surface area contributed by atoms with Crippen molar-refractivity contribution < 1.29 is 9.52 Å². The zero-order chi connectivity index (χ0) is 12.5. The van der Waals surface area contributed by atoms with Crippen LogP contribution in [-0.2, 0) is 0 Å². The van der Waals surface area contributed by atoms with E-state index in [-0.39, 0.29) is 11.7 Å². The molecule has 1 aromatic carbocycles. The van der Waals surface area contributed by atoms with Gasteiger partial charge in [-0.3, -0.25) is 0 Å². The molecular formula is C15H16O3. The van der Waals surface area contributed by atoms with Crippen molar-refractivity contribution in [2.24, 2.45) is 0 Å². The van der Waals surface area contributed by atoms with Crippen molar-refractivity contribution in [1.29, 1.82) is 0 Å². The van der Waals surface area contributed by atoms with Crippen LogP contribution in [0.2, 0.25) is 0 Å². The van der Waals surface area contributed by atoms with Crippen molar-refractivity contribution in [2.45, 2.75) is 38.0 Å². The zero-order valence-corrected chi connectivity index (χ0v) is 10.2. The number of rotatable bonds is 1. The highest BCUT2D eigenvalue weighted by Crippen LogP contribution is 2.39. The zero-order valence-electron chi connectivity index (χ0n) is 10.2. The predicted molar refractivity (Wildman–Crippen MR) is 70.0 cm³/mol. The number of fused-ring (bicyclic) bond motifs is 1. The first-order valence-corrected chi connectivity index (χ1v) is 6.52. The maximum Gasteiger partial charge on any atom is 0.379 e. The lowest BCUT2D eigenvalue weighted by atomic mass is 9.82. The second kappa shape index (κ2) is 4.48. The maximum atomic E-state index is 11.7. The summed E-state index contributed by atoms with van der Waals surface area (Å²) >= 11 is 0. The van der Waals surface area contributed by atoms with Crippen LogP contribution >= 0.6 is 0 Å². The molecule has 1 aromatic heterocycles. The highest BCUT2D eigenvalue weighted by atomic mass is 16.4. The Hall–Kier alpha value is -1.77. The number of para-hydroxylation sites is 1. The van der Waals surface area contributed by atoms with Crippen LogP contribution < -0.4 is 5.63 Å². The van der Waals surface area contributed by atoms with E-state index >= 15 is 0 Å². The lowest BCUT2D eigenvalue weighted by molar-refractivity contribution is 0.392. The summed E-state index contributed by atoms with van der Waals surface area (Å²) in [5, 5.41) is 10.9. The van der Waals surface area contributed by atoms with Gasteiger partial charge in [-0.2, -0.15) is 0 Å². The van der Waals surface area contributed by atoms with Gasteiger partial charge < -0.3 is 9.52 Å². The van der Waals surface area contributed by atoms with Gasteiger partial charge in [0.05, 0.1) is 0 Å². The van der Waals surface area contributed by atoms with Crippen LogP contribution in [0.1, 0.15) is 43.6 Å². The van der Waals surface area contributed by atoms with E-state index in [9.17, 15) is 9.90 Å². The molecule has 0 spiro atoms. The first kappa shape index (κ1) is 11.3. The highest BCUT2D eigenvalue weighted by molar-refractivity contribution is 5.82. The molecule has 94 valence electrons. The molecule has 3 heteroatoms. The summed E-state index contributed by atoms with van der Waals surface area (Å²) in [5.74, 6) is 0.0911. The van der Waals surface area contributed by atoms with Gasteiger partial charge >= 0.3 is 5.63 Å². The molecule has 18 heavy (non-hydrogen) atoms. The molecule has 3 nitrogen and oxygen atoms in total. The fourth-order valence-corrected chi connectivity index (χ4v) is 2.97. The Morgan fingerprint density at radius 3 is 2.61 bits per heavy atom. The van der Waals surface area contributed by atoms with E-state index in [4.69, 9.17) is 4.42 Å². The van der Waals surface area contributed by atoms with Crippen LogP contribution in [0.25, 0.3) is 11.0 Å². The lowest BCUT2D eigenvalue weighted by Crippen LogP contribution is -2.10. The molecule has 0 bridgehead atoms. The van der Waals surface area contributed by atoms with Gasteiger partial charge in [-0.25, -0.2) is 4.79 Å². The van der Waals surface area contributed by atoms with E-state index in [1.165, 1.54) is 19.3 Å². The molecular weight excluding hydrogens is 228 g/mol. The third-order valence-corrected chi connectivity index (χ3v) is 3.84. The van der Waals surface area contributed by atoms with Crippen molar-refractivity contribution in [3.8, 4) is 5.75 Å². The summed E-state index contributed by atoms with van der Waals surface area (Å²) in [5.41, 5.74) is 0.747. The fraction of sp³-hybridized carbons (Fsp3) is 0.400. The molecule has 0 atom stereocenters. The quantitative estimate of drug-likeness (QED) is 0.780. The van der Waals surface area contributed by atoms with Gasteiger partial charge in [0.2, 0.25) is 5.75 Å². The predicted octanol–water partition coefficient (Wildman–Crippen LogP) is 3.55. The summed E-state index contributed by atoms with van der Waals surface area (Å²) in [6, 6.07) is 7.45. The molecule has 3 rings (SSSR count). The minimum Gasteiger partial charge on any atom is -0.502 e. The smallest absolute Gasteiger partial charge is 0.379 e. The van der Waals surface area contributed by atoms with E-state index < -0.39 is 5.63 Å². The van der Waals surface area contributed by atoms with Gasteiger partial charge in [-0.1, -0.05) is 37.5 Å². The molecule has 1 heterocycles. The van der Waals surface area contributed by atoms with Gasteiger partial charge in [0, 0.05) is 10.9 Å². The Morgan fingerprint density at radius 2 is 1.83 bits per heavy atom. The van der Waals surface area contributed by atoms with E-state index in [0.717, 1.165) is 23.8 Å². The average Bonchev–Trinajstić information content (AvgIpc) is 2.41. The normalized spacial score (nSPS) is 17.1. The Balaban J connectivity index is 2.24. The molecule has 1 aliphatic rings. The van der Waals surface area contributed by atoms with Gasteiger partial charge in [-0.05, 0) is 24.8 Å². The average molecular weight is 244 g/mol. The molecule has 1 aliphatic carbocycles. The minimum atomic E-state index is -0.616. The maximum absolute atomic E-state index is 11.7. The van der Waals surface area contributed by atoms with Crippen molar-refractivity contribution >= 4 is 11.0 Å². The van der Waals surface area contributed by atoms with Crippen LogP contribution in [-0.4, -0.2) is 5.11 Å². The molecule has 0 aliphatic heterocycles. The van der Waals surface area contributed by atoms with Crippen LogP contribution in [0.5, 0.6) is 5.75 Å². The fourth-order valence-electron chi connectivity index (χ4n) is 2.97. The van der Waals surface area contributed by atoms with Crippen molar-refractivity contribution in [1.82, 2.24) is 0 Å². The van der Waals surface area contributed by atoms with Gasteiger partial charge in [0.1, 0.15) is 5.58 Å². The molecule has 1 saturated carbocycles. The first-order valence-electron chi connectivity index (χ1n) is 6.52. The molecule has 1 fully saturated rings. The molecule has 0 amide bonds. The van der Waals surface area contributed by atoms with Gasteiger partial charge in [0.25, 0.3) is 0 Å². The highest BCUT2D eigenvalue weighted by Gasteiger charge is 2.23. The summed E-state index contributed by atoms with van der Waals surface area (Å²) in [6.07, 6.45) is 5.66. The Kier molecular flexibility index (Phi) is 2.82. The third-order valence-electron chi connectivity index (χ3n) is 3.84. The van der Waals surface area contributed by atoms with Crippen LogP contribution in [0, 0.1) is 0 Å². The molecule has 0 saturated heterocycles. The second-order valence-electron chi connectivity index (χ2n) is 4.98. The standard InChI is InChI=1S/C15H16O3/c16-14-13(10-6-2-1-3-7-10)11-8-4-5-9-12(11)18-15(14)17/h4-5,8-10,16H,1-3,6-7H2. The van der Waals surface area contributed by atoms with Crippen molar-refractivity contribution in [2.75, 3.05) is 0 Å². The molecule has 1 N–H and O–H groups in total. The molecule has 0 radical (unpaired) electrons. The van der Waals surface area contributed by atoms with E-state index in [2.05, 4.69) is 0 Å². The van der Waals surface area contributed by atoms with Crippen LogP contribution in [0.15, 0.2) is 33.5 Å². The number of hydrogen-bond donors (Lipinski definition) is 1. The second-order valence-corrected chi connectivity index (χ2v) is 4.98. The topological polar surface area (TPSA) is 50.4 Å². The SMILES string of the molecule is O=c1oc2ccccc2c(C2CCCCC2)c1O. The molecule has 2 aromatic rings. The Morgan fingerprint density at radius 1 is 1.11 bits per heavy atom. The van der Waals surface area contributed by atoms with E-state index in [1.54, 1.807) is 6.07 Å². The third kappa shape index (κ3) is 1.80. The largest absolute Gasteiger partial charge is 0.502 e.